The fourth-order valence-electron chi connectivity index (χ4n) is 1.69. The predicted molar refractivity (Wildman–Crippen MR) is 73.1 cm³/mol. The molecule has 0 aliphatic carbocycles. The van der Waals surface area contributed by atoms with Crippen LogP contribution in [0.25, 0.3) is 10.2 Å². The van der Waals surface area contributed by atoms with Crippen molar-refractivity contribution in [3.63, 3.8) is 0 Å². The SMILES string of the molecule is Clc1nc(NCCn2ccnc2)c2ccsc2n1. The van der Waals surface area contributed by atoms with Crippen LogP contribution in [0.5, 0.6) is 0 Å². The number of hydrogen-bond donors (Lipinski definition) is 1. The fraction of sp³-hybridized carbons (Fsp3) is 0.182. The highest BCUT2D eigenvalue weighted by molar-refractivity contribution is 7.16. The number of hydrogen-bond acceptors (Lipinski definition) is 5. The third-order valence-electron chi connectivity index (χ3n) is 2.52. The van der Waals surface area contributed by atoms with Gasteiger partial charge in [-0.15, -0.1) is 11.3 Å². The van der Waals surface area contributed by atoms with Crippen molar-refractivity contribution >= 4 is 39.0 Å². The average Bonchev–Trinajstić information content (AvgIpc) is 2.98. The topological polar surface area (TPSA) is 55.6 Å². The fourth-order valence-corrected chi connectivity index (χ4v) is 2.67. The Balaban J connectivity index is 1.75. The van der Waals surface area contributed by atoms with Gasteiger partial charge in [0.25, 0.3) is 0 Å². The lowest BCUT2D eigenvalue weighted by Crippen LogP contribution is -2.10. The molecule has 7 heteroatoms. The maximum absolute atomic E-state index is 5.89. The lowest BCUT2D eigenvalue weighted by molar-refractivity contribution is 0.726. The highest BCUT2D eigenvalue weighted by atomic mass is 35.5. The largest absolute Gasteiger partial charge is 0.368 e. The second kappa shape index (κ2) is 4.91. The van der Waals surface area contributed by atoms with Gasteiger partial charge in [0.2, 0.25) is 5.28 Å². The summed E-state index contributed by atoms with van der Waals surface area (Å²) in [5.41, 5.74) is 0. The van der Waals surface area contributed by atoms with Crippen molar-refractivity contribution in [1.82, 2.24) is 19.5 Å². The van der Waals surface area contributed by atoms with Crippen molar-refractivity contribution < 1.29 is 0 Å². The van der Waals surface area contributed by atoms with Gasteiger partial charge in [-0.3, -0.25) is 0 Å². The molecule has 0 atom stereocenters. The molecule has 3 heterocycles. The van der Waals surface area contributed by atoms with Crippen LogP contribution in [-0.4, -0.2) is 26.1 Å². The number of imidazole rings is 1. The van der Waals surface area contributed by atoms with Gasteiger partial charge < -0.3 is 9.88 Å². The summed E-state index contributed by atoms with van der Waals surface area (Å²) in [6.45, 7) is 1.59. The molecule has 3 aromatic heterocycles. The number of anilines is 1. The van der Waals surface area contributed by atoms with Crippen molar-refractivity contribution in [3.8, 4) is 0 Å². The lowest BCUT2D eigenvalue weighted by Gasteiger charge is -2.07. The molecule has 0 saturated heterocycles. The number of halogens is 1. The molecule has 0 amide bonds. The Morgan fingerprint density at radius 3 is 3.17 bits per heavy atom. The molecule has 3 aromatic rings. The van der Waals surface area contributed by atoms with E-state index in [1.54, 1.807) is 23.9 Å². The second-order valence-corrected chi connectivity index (χ2v) is 4.94. The van der Waals surface area contributed by atoms with E-state index < -0.39 is 0 Å². The zero-order valence-electron chi connectivity index (χ0n) is 9.38. The van der Waals surface area contributed by atoms with Crippen molar-refractivity contribution in [2.75, 3.05) is 11.9 Å². The van der Waals surface area contributed by atoms with Crippen LogP contribution in [0.1, 0.15) is 0 Å². The highest BCUT2D eigenvalue weighted by Gasteiger charge is 2.06. The van der Waals surface area contributed by atoms with Crippen LogP contribution < -0.4 is 5.32 Å². The normalized spacial score (nSPS) is 10.9. The summed E-state index contributed by atoms with van der Waals surface area (Å²) in [6, 6.07) is 2.00. The quantitative estimate of drug-likeness (QED) is 0.746. The third-order valence-corrected chi connectivity index (χ3v) is 3.50. The molecule has 0 aliphatic heterocycles. The zero-order valence-corrected chi connectivity index (χ0v) is 10.9. The molecule has 0 unspecified atom stereocenters. The van der Waals surface area contributed by atoms with Gasteiger partial charge in [-0.25, -0.2) is 15.0 Å². The van der Waals surface area contributed by atoms with E-state index in [9.17, 15) is 0 Å². The number of nitrogens with one attached hydrogen (secondary N) is 1. The smallest absolute Gasteiger partial charge is 0.225 e. The minimum absolute atomic E-state index is 0.273. The standard InChI is InChI=1S/C11H10ClN5S/c12-11-15-9(8-1-6-18-10(8)16-11)14-3-5-17-4-2-13-7-17/h1-2,4,6-7H,3,5H2,(H,14,15,16). The Morgan fingerprint density at radius 1 is 1.39 bits per heavy atom. The predicted octanol–water partition coefficient (Wildman–Crippen LogP) is 2.65. The summed E-state index contributed by atoms with van der Waals surface area (Å²) in [7, 11) is 0. The van der Waals surface area contributed by atoms with E-state index in [2.05, 4.69) is 20.3 Å². The molecule has 0 saturated carbocycles. The Bertz CT molecular complexity index is 649. The van der Waals surface area contributed by atoms with Crippen LogP contribution in [0.4, 0.5) is 5.82 Å². The molecule has 0 spiro atoms. The van der Waals surface area contributed by atoms with Crippen LogP contribution in [0.3, 0.4) is 0 Å². The first-order chi connectivity index (χ1) is 8.83. The molecule has 1 N–H and O–H groups in total. The molecule has 0 bridgehead atoms. The van der Waals surface area contributed by atoms with Gasteiger partial charge in [0.05, 0.1) is 11.7 Å². The molecule has 92 valence electrons. The van der Waals surface area contributed by atoms with Gasteiger partial charge in [0, 0.05) is 25.5 Å². The molecule has 0 aliphatic rings. The van der Waals surface area contributed by atoms with E-state index in [0.29, 0.717) is 0 Å². The highest BCUT2D eigenvalue weighted by Crippen LogP contribution is 2.26. The van der Waals surface area contributed by atoms with Crippen molar-refractivity contribution in [2.24, 2.45) is 0 Å². The number of thiophene rings is 1. The van der Waals surface area contributed by atoms with E-state index in [1.807, 2.05) is 22.2 Å². The van der Waals surface area contributed by atoms with Gasteiger partial charge in [-0.05, 0) is 23.0 Å². The Kier molecular flexibility index (Phi) is 3.12. The number of nitrogens with zero attached hydrogens (tertiary/aromatic N) is 4. The van der Waals surface area contributed by atoms with Crippen molar-refractivity contribution in [3.05, 3.63) is 35.5 Å². The molecular weight excluding hydrogens is 270 g/mol. The molecule has 18 heavy (non-hydrogen) atoms. The van der Waals surface area contributed by atoms with Gasteiger partial charge in [0.1, 0.15) is 10.6 Å². The molecule has 3 rings (SSSR count). The minimum Gasteiger partial charge on any atom is -0.368 e. The Morgan fingerprint density at radius 2 is 2.33 bits per heavy atom. The van der Waals surface area contributed by atoms with Crippen LogP contribution >= 0.6 is 22.9 Å². The van der Waals surface area contributed by atoms with Crippen molar-refractivity contribution in [1.29, 1.82) is 0 Å². The first kappa shape index (κ1) is 11.4. The summed E-state index contributed by atoms with van der Waals surface area (Å²) in [4.78, 5) is 13.3. The van der Waals surface area contributed by atoms with E-state index in [4.69, 9.17) is 11.6 Å². The lowest BCUT2D eigenvalue weighted by atomic mass is 10.4. The zero-order chi connectivity index (χ0) is 12.4. The van der Waals surface area contributed by atoms with Gasteiger partial charge in [0.15, 0.2) is 0 Å². The van der Waals surface area contributed by atoms with E-state index >= 15 is 0 Å². The number of rotatable bonds is 4. The van der Waals surface area contributed by atoms with E-state index in [1.165, 1.54) is 0 Å². The summed E-state index contributed by atoms with van der Waals surface area (Å²) in [6.07, 6.45) is 5.47. The van der Waals surface area contributed by atoms with Crippen molar-refractivity contribution in [2.45, 2.75) is 6.54 Å². The van der Waals surface area contributed by atoms with Gasteiger partial charge >= 0.3 is 0 Å². The minimum atomic E-state index is 0.273. The van der Waals surface area contributed by atoms with Gasteiger partial charge in [-0.2, -0.15) is 0 Å². The number of fused-ring (bicyclic) bond motifs is 1. The first-order valence-electron chi connectivity index (χ1n) is 5.43. The summed E-state index contributed by atoms with van der Waals surface area (Å²) >= 11 is 7.44. The summed E-state index contributed by atoms with van der Waals surface area (Å²) in [5.74, 6) is 0.784. The first-order valence-corrected chi connectivity index (χ1v) is 6.69. The summed E-state index contributed by atoms with van der Waals surface area (Å²) in [5, 5.41) is 6.54. The molecule has 0 radical (unpaired) electrons. The summed E-state index contributed by atoms with van der Waals surface area (Å²) < 4.78 is 2.00. The molecule has 5 nitrogen and oxygen atoms in total. The monoisotopic (exact) mass is 279 g/mol. The maximum atomic E-state index is 5.89. The molecule has 0 aromatic carbocycles. The van der Waals surface area contributed by atoms with E-state index in [0.717, 1.165) is 29.1 Å². The Hall–Kier alpha value is -1.66. The van der Waals surface area contributed by atoms with Crippen LogP contribution in [-0.2, 0) is 6.54 Å². The maximum Gasteiger partial charge on any atom is 0.225 e. The third kappa shape index (κ3) is 2.30. The molecule has 0 fully saturated rings. The average molecular weight is 280 g/mol. The van der Waals surface area contributed by atoms with Crippen LogP contribution in [0, 0.1) is 0 Å². The molecular formula is C11H10ClN5S. The van der Waals surface area contributed by atoms with Crippen LogP contribution in [0.15, 0.2) is 30.2 Å². The Labute approximate surface area is 112 Å². The van der Waals surface area contributed by atoms with Crippen LogP contribution in [0.2, 0.25) is 5.28 Å². The second-order valence-electron chi connectivity index (χ2n) is 3.71. The number of aromatic nitrogens is 4. The van der Waals surface area contributed by atoms with Gasteiger partial charge in [-0.1, -0.05) is 0 Å². The van der Waals surface area contributed by atoms with E-state index in [-0.39, 0.29) is 5.28 Å².